The second-order valence-electron chi connectivity index (χ2n) is 5.52. The van der Waals surface area contributed by atoms with E-state index in [-0.39, 0.29) is 0 Å². The Morgan fingerprint density at radius 3 is 2.55 bits per heavy atom. The molecule has 1 aromatic heterocycles. The van der Waals surface area contributed by atoms with Gasteiger partial charge >= 0.3 is 0 Å². The Morgan fingerprint density at radius 1 is 0.950 bits per heavy atom. The van der Waals surface area contributed by atoms with Crippen molar-refractivity contribution in [2.45, 2.75) is 18.9 Å². The Labute approximate surface area is 123 Å². The lowest BCUT2D eigenvalue weighted by atomic mass is 10.1. The van der Waals surface area contributed by atoms with E-state index in [0.717, 1.165) is 23.2 Å². The van der Waals surface area contributed by atoms with Gasteiger partial charge in [-0.1, -0.05) is 41.7 Å². The summed E-state index contributed by atoms with van der Waals surface area (Å²) in [5.74, 6) is 0. The van der Waals surface area contributed by atoms with Crippen molar-refractivity contribution in [1.29, 1.82) is 0 Å². The highest BCUT2D eigenvalue weighted by Gasteiger charge is 2.30. The van der Waals surface area contributed by atoms with Gasteiger partial charge in [0.25, 0.3) is 0 Å². The first kappa shape index (κ1) is 12.3. The third kappa shape index (κ3) is 2.21. The van der Waals surface area contributed by atoms with E-state index < -0.39 is 0 Å². The smallest absolute Gasteiger partial charge is 0.208 e. The summed E-state index contributed by atoms with van der Waals surface area (Å²) in [6, 6.07) is 11.0. The van der Waals surface area contributed by atoms with E-state index in [4.69, 9.17) is 0 Å². The number of aromatic nitrogens is 2. The fourth-order valence-corrected chi connectivity index (χ4v) is 4.11. The molecule has 0 amide bonds. The molecule has 20 heavy (non-hydrogen) atoms. The van der Waals surface area contributed by atoms with Gasteiger partial charge in [0.2, 0.25) is 5.13 Å². The molecular weight excluding hydrogens is 268 g/mol. The number of rotatable bonds is 2. The minimum absolute atomic E-state index is 0.658. The van der Waals surface area contributed by atoms with E-state index in [1.807, 2.05) is 6.07 Å². The molecule has 0 unspecified atom stereocenters. The van der Waals surface area contributed by atoms with Crippen LogP contribution in [0, 0.1) is 0 Å². The number of hydrogen-bond acceptors (Lipinski definition) is 5. The van der Waals surface area contributed by atoms with Gasteiger partial charge in [0.1, 0.15) is 5.01 Å². The molecule has 0 atom stereocenters. The minimum Gasteiger partial charge on any atom is -0.342 e. The van der Waals surface area contributed by atoms with Crippen molar-refractivity contribution in [3.05, 3.63) is 30.3 Å². The van der Waals surface area contributed by atoms with Crippen LogP contribution in [0.1, 0.15) is 12.8 Å². The monoisotopic (exact) mass is 286 g/mol. The molecule has 0 N–H and O–H groups in total. The molecule has 2 aromatic rings. The van der Waals surface area contributed by atoms with E-state index >= 15 is 0 Å². The van der Waals surface area contributed by atoms with Gasteiger partial charge in [0, 0.05) is 37.8 Å². The summed E-state index contributed by atoms with van der Waals surface area (Å²) in [7, 11) is 0. The fourth-order valence-electron chi connectivity index (χ4n) is 3.17. The molecule has 1 aromatic carbocycles. The maximum Gasteiger partial charge on any atom is 0.208 e. The van der Waals surface area contributed by atoms with Crippen LogP contribution in [0.25, 0.3) is 10.6 Å². The Balaban J connectivity index is 1.61. The number of piperidine rings is 1. The molecule has 3 saturated heterocycles. The van der Waals surface area contributed by atoms with Gasteiger partial charge in [-0.3, -0.25) is 0 Å². The van der Waals surface area contributed by atoms with E-state index in [1.165, 1.54) is 31.5 Å². The normalized spacial score (nSPS) is 25.7. The number of hydrogen-bond donors (Lipinski definition) is 0. The first-order valence-electron chi connectivity index (χ1n) is 7.28. The second kappa shape index (κ2) is 5.14. The van der Waals surface area contributed by atoms with Gasteiger partial charge in [-0.25, -0.2) is 0 Å². The first-order valence-corrected chi connectivity index (χ1v) is 8.10. The van der Waals surface area contributed by atoms with Crippen LogP contribution >= 0.6 is 11.3 Å². The maximum absolute atomic E-state index is 4.45. The summed E-state index contributed by atoms with van der Waals surface area (Å²) >= 11 is 1.72. The van der Waals surface area contributed by atoms with Gasteiger partial charge < -0.3 is 9.80 Å². The Bertz CT molecular complexity index is 575. The van der Waals surface area contributed by atoms with Gasteiger partial charge in [-0.2, -0.15) is 0 Å². The third-order valence-corrected chi connectivity index (χ3v) is 5.35. The zero-order chi connectivity index (χ0) is 13.4. The number of nitrogens with zero attached hydrogens (tertiary/aromatic N) is 4. The zero-order valence-electron chi connectivity index (χ0n) is 11.4. The number of fused-ring (bicyclic) bond motifs is 4. The fraction of sp³-hybridized carbons (Fsp3) is 0.467. The van der Waals surface area contributed by atoms with Crippen LogP contribution in [0.2, 0.25) is 0 Å². The largest absolute Gasteiger partial charge is 0.342 e. The average molecular weight is 286 g/mol. The van der Waals surface area contributed by atoms with Crippen molar-refractivity contribution < 1.29 is 0 Å². The van der Waals surface area contributed by atoms with Crippen molar-refractivity contribution in [2.75, 3.05) is 31.1 Å². The third-order valence-electron chi connectivity index (χ3n) is 4.34. The molecule has 0 aliphatic carbocycles. The van der Waals surface area contributed by atoms with E-state index in [9.17, 15) is 0 Å². The number of anilines is 1. The highest BCUT2D eigenvalue weighted by Crippen LogP contribution is 2.32. The van der Waals surface area contributed by atoms with E-state index in [0.29, 0.717) is 6.04 Å². The van der Waals surface area contributed by atoms with E-state index in [2.05, 4.69) is 44.3 Å². The molecule has 0 radical (unpaired) electrons. The molecule has 3 aliphatic heterocycles. The van der Waals surface area contributed by atoms with Crippen molar-refractivity contribution >= 4 is 16.5 Å². The van der Waals surface area contributed by atoms with Crippen LogP contribution in [0.5, 0.6) is 0 Å². The van der Waals surface area contributed by atoms with Crippen molar-refractivity contribution in [3.63, 3.8) is 0 Å². The molecule has 4 nitrogen and oxygen atoms in total. The topological polar surface area (TPSA) is 32.3 Å². The van der Waals surface area contributed by atoms with Crippen LogP contribution in [0.15, 0.2) is 30.3 Å². The van der Waals surface area contributed by atoms with Gasteiger partial charge in [0.05, 0.1) is 0 Å². The molecule has 5 heteroatoms. The van der Waals surface area contributed by atoms with Crippen LogP contribution in [-0.4, -0.2) is 47.3 Å². The summed E-state index contributed by atoms with van der Waals surface area (Å²) in [4.78, 5) is 5.05. The lowest BCUT2D eigenvalue weighted by Gasteiger charge is -2.30. The van der Waals surface area contributed by atoms with Crippen LogP contribution in [0.3, 0.4) is 0 Å². The van der Waals surface area contributed by atoms with Crippen LogP contribution < -0.4 is 4.90 Å². The summed E-state index contributed by atoms with van der Waals surface area (Å²) in [5, 5.41) is 11.0. The predicted molar refractivity (Wildman–Crippen MR) is 82.2 cm³/mol. The maximum atomic E-state index is 4.45. The first-order chi connectivity index (χ1) is 9.90. The minimum atomic E-state index is 0.658. The Kier molecular flexibility index (Phi) is 3.16. The highest BCUT2D eigenvalue weighted by atomic mass is 32.1. The van der Waals surface area contributed by atoms with Crippen LogP contribution in [-0.2, 0) is 0 Å². The van der Waals surface area contributed by atoms with Gasteiger partial charge in [0.15, 0.2) is 0 Å². The summed E-state index contributed by atoms with van der Waals surface area (Å²) in [6.45, 7) is 4.74. The lowest BCUT2D eigenvalue weighted by molar-refractivity contribution is 0.250. The Morgan fingerprint density at radius 2 is 1.75 bits per heavy atom. The second-order valence-corrected chi connectivity index (χ2v) is 6.48. The predicted octanol–water partition coefficient (Wildman–Crippen LogP) is 2.49. The standard InChI is InChI=1S/C15H18N4S/c1-2-4-12(5-3-1)14-16-17-15(20-14)19-11-10-18-8-6-13(19)7-9-18/h1-5,13H,6-11H2. The summed E-state index contributed by atoms with van der Waals surface area (Å²) < 4.78 is 0. The van der Waals surface area contributed by atoms with Crippen molar-refractivity contribution in [1.82, 2.24) is 15.1 Å². The zero-order valence-corrected chi connectivity index (χ0v) is 12.2. The van der Waals surface area contributed by atoms with Crippen molar-refractivity contribution in [2.24, 2.45) is 0 Å². The molecule has 4 heterocycles. The Hall–Kier alpha value is -1.46. The summed E-state index contributed by atoms with van der Waals surface area (Å²) in [5.41, 5.74) is 1.17. The average Bonchev–Trinajstić information content (AvgIpc) is 2.81. The molecule has 3 aliphatic rings. The molecule has 2 bridgehead atoms. The molecule has 3 fully saturated rings. The van der Waals surface area contributed by atoms with E-state index in [1.54, 1.807) is 11.3 Å². The molecule has 104 valence electrons. The highest BCUT2D eigenvalue weighted by molar-refractivity contribution is 7.18. The van der Waals surface area contributed by atoms with Crippen molar-refractivity contribution in [3.8, 4) is 10.6 Å². The quantitative estimate of drug-likeness (QED) is 0.849. The van der Waals surface area contributed by atoms with Gasteiger partial charge in [-0.05, 0) is 12.8 Å². The molecule has 0 saturated carbocycles. The molecule has 0 spiro atoms. The summed E-state index contributed by atoms with van der Waals surface area (Å²) in [6.07, 6.45) is 2.53. The van der Waals surface area contributed by atoms with Gasteiger partial charge in [-0.15, -0.1) is 10.2 Å². The SMILES string of the molecule is c1ccc(-c2nnc(N3CCN4CCC3CC4)s2)cc1. The lowest BCUT2D eigenvalue weighted by Crippen LogP contribution is -2.37. The molecular formula is C15H18N4S. The number of benzene rings is 1. The van der Waals surface area contributed by atoms with Crippen LogP contribution in [0.4, 0.5) is 5.13 Å². The molecule has 5 rings (SSSR count).